The number of ether oxygens (including phenoxy) is 1. The number of terminal acetylenes is 1. The minimum absolute atomic E-state index is 0.0477. The van der Waals surface area contributed by atoms with Crippen LogP contribution in [0.5, 0.6) is 5.75 Å². The van der Waals surface area contributed by atoms with Crippen LogP contribution in [0.2, 0.25) is 0 Å². The molecule has 1 aliphatic rings. The Hall–Kier alpha value is -3.49. The Balaban J connectivity index is 1.85. The first-order chi connectivity index (χ1) is 18.4. The predicted octanol–water partition coefficient (Wildman–Crippen LogP) is 6.23. The van der Waals surface area contributed by atoms with Crippen LogP contribution in [0.4, 0.5) is 0 Å². The van der Waals surface area contributed by atoms with E-state index < -0.39 is 0 Å². The van der Waals surface area contributed by atoms with Gasteiger partial charge in [0.1, 0.15) is 12.0 Å². The molecule has 1 heterocycles. The number of rotatable bonds is 15. The maximum Gasteiger partial charge on any atom is 0.155 e. The maximum absolute atomic E-state index is 11.6. The average Bonchev–Trinajstić information content (AvgIpc) is 3.40. The molecule has 0 N–H and O–H groups in total. The molecule has 0 aliphatic carbocycles. The van der Waals surface area contributed by atoms with Crippen LogP contribution in [-0.4, -0.2) is 55.5 Å². The van der Waals surface area contributed by atoms with E-state index in [4.69, 9.17) is 21.1 Å². The van der Waals surface area contributed by atoms with Crippen molar-refractivity contribution < 1.29 is 9.53 Å². The van der Waals surface area contributed by atoms with Gasteiger partial charge in [-0.1, -0.05) is 37.1 Å². The average molecular weight is 512 g/mol. The van der Waals surface area contributed by atoms with Gasteiger partial charge < -0.3 is 14.4 Å². The topological polar surface area (TPSA) is 54.3 Å². The number of carbonyl (C=O) groups excluding carboxylic acids is 1. The van der Waals surface area contributed by atoms with Crippen LogP contribution in [0.3, 0.4) is 0 Å². The molecular weight excluding hydrogens is 470 g/mol. The third-order valence-corrected chi connectivity index (χ3v) is 6.81. The Morgan fingerprint density at radius 1 is 1.24 bits per heavy atom. The normalized spacial score (nSPS) is 13.7. The molecule has 1 unspecified atom stereocenters. The Labute approximate surface area is 228 Å². The zero-order chi connectivity index (χ0) is 27.5. The van der Waals surface area contributed by atoms with Crippen molar-refractivity contribution in [1.29, 1.82) is 0 Å². The molecule has 5 nitrogen and oxygen atoms in total. The highest BCUT2D eigenvalue weighted by atomic mass is 16.5. The van der Waals surface area contributed by atoms with E-state index in [0.29, 0.717) is 24.3 Å². The molecule has 0 amide bonds. The van der Waals surface area contributed by atoms with Crippen LogP contribution in [-0.2, 0) is 11.2 Å². The van der Waals surface area contributed by atoms with E-state index in [9.17, 15) is 4.79 Å². The van der Waals surface area contributed by atoms with Crippen molar-refractivity contribution in [3.05, 3.63) is 76.9 Å². The van der Waals surface area contributed by atoms with Crippen molar-refractivity contribution >= 4 is 17.8 Å². The Morgan fingerprint density at radius 2 is 2.05 bits per heavy atom. The number of amidine groups is 1. The summed E-state index contributed by atoms with van der Waals surface area (Å²) in [4.78, 5) is 23.7. The van der Waals surface area contributed by atoms with Gasteiger partial charge in [0, 0.05) is 24.4 Å². The van der Waals surface area contributed by atoms with Crippen molar-refractivity contribution in [1.82, 2.24) is 4.90 Å². The highest BCUT2D eigenvalue weighted by Gasteiger charge is 2.22. The Morgan fingerprint density at radius 3 is 2.74 bits per heavy atom. The molecule has 0 saturated heterocycles. The highest BCUT2D eigenvalue weighted by Crippen LogP contribution is 2.29. The van der Waals surface area contributed by atoms with Gasteiger partial charge in [0.2, 0.25) is 0 Å². The number of likely N-dealkylation sites (N-methyl/N-ethyl adjacent to an activating group) is 1. The third-order valence-electron chi connectivity index (χ3n) is 6.81. The number of nitrogens with zero attached hydrogens (tertiary/aromatic N) is 3. The molecule has 0 saturated carbocycles. The van der Waals surface area contributed by atoms with Crippen molar-refractivity contribution in [3.8, 4) is 18.1 Å². The molecule has 0 spiro atoms. The lowest BCUT2D eigenvalue weighted by Gasteiger charge is -2.25. The molecule has 0 aromatic heterocycles. The first-order valence-electron chi connectivity index (χ1n) is 13.7. The molecule has 3 rings (SSSR count). The van der Waals surface area contributed by atoms with Crippen LogP contribution in [0.15, 0.2) is 59.0 Å². The van der Waals surface area contributed by atoms with Crippen molar-refractivity contribution in [3.63, 3.8) is 0 Å². The standard InChI is InChI=1S/C33H41N3O2/c1-7-10-11-12-19-36(6)23-27(18-20-37)29-14-13-15-30(28(29)9-3)33-34-22-31(35-33)26-16-17-32(38-24(4)5)25(8-2)21-26/h2,7,13-17,20-21,24,27H,1,9-12,18-19,22-23H2,3-6H3. The van der Waals surface area contributed by atoms with E-state index in [1.165, 1.54) is 11.1 Å². The fraction of sp³-hybridized carbons (Fsp3) is 0.424. The van der Waals surface area contributed by atoms with Crippen molar-refractivity contribution in [2.45, 2.75) is 64.9 Å². The monoisotopic (exact) mass is 511 g/mol. The second kappa shape index (κ2) is 14.4. The van der Waals surface area contributed by atoms with Gasteiger partial charge in [-0.15, -0.1) is 13.0 Å². The van der Waals surface area contributed by atoms with E-state index >= 15 is 0 Å². The molecule has 0 bridgehead atoms. The molecule has 2 aromatic rings. The molecule has 38 heavy (non-hydrogen) atoms. The molecule has 1 atom stereocenters. The lowest BCUT2D eigenvalue weighted by Crippen LogP contribution is -2.27. The molecule has 1 aliphatic heterocycles. The first-order valence-corrected chi connectivity index (χ1v) is 13.7. The number of carbonyl (C=O) groups is 1. The lowest BCUT2D eigenvalue weighted by molar-refractivity contribution is -0.108. The minimum atomic E-state index is 0.0477. The van der Waals surface area contributed by atoms with Crippen LogP contribution in [0, 0.1) is 12.3 Å². The Bertz CT molecular complexity index is 1220. The third kappa shape index (κ3) is 7.52. The maximum atomic E-state index is 11.6. The fourth-order valence-corrected chi connectivity index (χ4v) is 4.97. The van der Waals surface area contributed by atoms with E-state index in [1.807, 2.05) is 38.1 Å². The summed E-state index contributed by atoms with van der Waals surface area (Å²) < 4.78 is 5.85. The van der Waals surface area contributed by atoms with Gasteiger partial charge in [-0.3, -0.25) is 4.99 Å². The number of hydrogen-bond acceptors (Lipinski definition) is 5. The smallest absolute Gasteiger partial charge is 0.155 e. The number of allylic oxidation sites excluding steroid dienone is 1. The van der Waals surface area contributed by atoms with Gasteiger partial charge in [0.15, 0.2) is 5.84 Å². The van der Waals surface area contributed by atoms with E-state index in [1.54, 1.807) is 0 Å². The quantitative estimate of drug-likeness (QED) is 0.123. The Kier molecular flexibility index (Phi) is 11.1. The molecule has 200 valence electrons. The van der Waals surface area contributed by atoms with Gasteiger partial charge in [-0.25, -0.2) is 4.99 Å². The van der Waals surface area contributed by atoms with E-state index in [0.717, 1.165) is 67.7 Å². The number of hydrogen-bond donors (Lipinski definition) is 0. The van der Waals surface area contributed by atoms with Crippen LogP contribution < -0.4 is 4.74 Å². The summed E-state index contributed by atoms with van der Waals surface area (Å²) in [6.45, 7) is 12.3. The molecular formula is C33H41N3O2. The van der Waals surface area contributed by atoms with Gasteiger partial charge in [0.25, 0.3) is 0 Å². The zero-order valence-electron chi connectivity index (χ0n) is 23.4. The fourth-order valence-electron chi connectivity index (χ4n) is 4.97. The largest absolute Gasteiger partial charge is 0.490 e. The second-order valence-corrected chi connectivity index (χ2v) is 10.1. The van der Waals surface area contributed by atoms with Crippen molar-refractivity contribution in [2.24, 2.45) is 9.98 Å². The van der Waals surface area contributed by atoms with Gasteiger partial charge in [0.05, 0.1) is 23.9 Å². The van der Waals surface area contributed by atoms with Crippen LogP contribution in [0.1, 0.15) is 80.2 Å². The summed E-state index contributed by atoms with van der Waals surface area (Å²) in [7, 11) is 2.14. The summed E-state index contributed by atoms with van der Waals surface area (Å²) in [6.07, 6.45) is 13.5. The number of aliphatic imine (C=N–C) groups is 2. The van der Waals surface area contributed by atoms with Gasteiger partial charge >= 0.3 is 0 Å². The number of aldehydes is 1. The SMILES string of the molecule is C#Cc1cc(C2=NC(c3cccc(C(CC=O)CN(C)CCCCC=C)c3CC)=NC2)ccc1OC(C)C. The van der Waals surface area contributed by atoms with Crippen LogP contribution >= 0.6 is 0 Å². The van der Waals surface area contributed by atoms with Crippen LogP contribution in [0.25, 0.3) is 0 Å². The predicted molar refractivity (Wildman–Crippen MR) is 159 cm³/mol. The summed E-state index contributed by atoms with van der Waals surface area (Å²) >= 11 is 0. The summed E-state index contributed by atoms with van der Waals surface area (Å²) in [6, 6.07) is 12.2. The molecule has 5 heteroatoms. The first kappa shape index (κ1) is 29.1. The minimum Gasteiger partial charge on any atom is -0.490 e. The number of unbranched alkanes of at least 4 members (excludes halogenated alkanes) is 2. The number of benzene rings is 2. The van der Waals surface area contributed by atoms with Gasteiger partial charge in [-0.05, 0) is 88.0 Å². The van der Waals surface area contributed by atoms with Crippen molar-refractivity contribution in [2.75, 3.05) is 26.7 Å². The molecule has 2 aromatic carbocycles. The van der Waals surface area contributed by atoms with E-state index in [2.05, 4.69) is 49.6 Å². The molecule has 0 radical (unpaired) electrons. The highest BCUT2D eigenvalue weighted by molar-refractivity contribution is 6.17. The molecule has 0 fully saturated rings. The summed E-state index contributed by atoms with van der Waals surface area (Å²) in [5.74, 6) is 4.32. The summed E-state index contributed by atoms with van der Waals surface area (Å²) in [5, 5.41) is 0. The lowest BCUT2D eigenvalue weighted by atomic mass is 9.87. The zero-order valence-corrected chi connectivity index (χ0v) is 23.4. The summed E-state index contributed by atoms with van der Waals surface area (Å²) in [5.41, 5.74) is 6.04. The second-order valence-electron chi connectivity index (χ2n) is 10.1. The van der Waals surface area contributed by atoms with E-state index in [-0.39, 0.29) is 12.0 Å². The van der Waals surface area contributed by atoms with Gasteiger partial charge in [-0.2, -0.15) is 0 Å².